The lowest BCUT2D eigenvalue weighted by Gasteiger charge is -2.52. The van der Waals surface area contributed by atoms with Crippen molar-refractivity contribution in [2.75, 3.05) is 0 Å². The minimum Gasteiger partial charge on any atom is -0.462 e. The second-order valence-corrected chi connectivity index (χ2v) is 12.7. The predicted molar refractivity (Wildman–Crippen MR) is 140 cm³/mol. The maximum atomic E-state index is 12.0. The number of hydrogen-bond acceptors (Lipinski definition) is 5. The van der Waals surface area contributed by atoms with Gasteiger partial charge in [-0.05, 0) is 81.5 Å². The van der Waals surface area contributed by atoms with Crippen LogP contribution in [0.25, 0.3) is 0 Å². The van der Waals surface area contributed by atoms with Gasteiger partial charge in [-0.25, -0.2) is 0 Å². The highest BCUT2D eigenvalue weighted by Gasteiger charge is 2.56. The van der Waals surface area contributed by atoms with E-state index in [1.54, 1.807) is 6.92 Å². The van der Waals surface area contributed by atoms with Crippen LogP contribution in [0.3, 0.4) is 0 Å². The second kappa shape index (κ2) is 10.7. The highest BCUT2D eigenvalue weighted by Crippen LogP contribution is 2.63. The Morgan fingerprint density at radius 1 is 1.26 bits per heavy atom. The van der Waals surface area contributed by atoms with Crippen molar-refractivity contribution >= 4 is 5.97 Å². The summed E-state index contributed by atoms with van der Waals surface area (Å²) in [7, 11) is 0. The molecule has 1 saturated heterocycles. The summed E-state index contributed by atoms with van der Waals surface area (Å²) in [5, 5.41) is 31.9. The zero-order valence-electron chi connectivity index (χ0n) is 22.9. The summed E-state index contributed by atoms with van der Waals surface area (Å²) in [5.41, 5.74) is 0.145. The van der Waals surface area contributed by atoms with E-state index in [1.807, 2.05) is 13.0 Å². The van der Waals surface area contributed by atoms with Crippen molar-refractivity contribution in [1.29, 1.82) is 0 Å². The third-order valence-electron chi connectivity index (χ3n) is 10.2. The van der Waals surface area contributed by atoms with Gasteiger partial charge >= 0.3 is 5.97 Å². The Hall–Kier alpha value is -1.17. The fourth-order valence-electron chi connectivity index (χ4n) is 8.09. The van der Waals surface area contributed by atoms with Crippen LogP contribution in [0.1, 0.15) is 99.3 Å². The molecule has 35 heavy (non-hydrogen) atoms. The van der Waals surface area contributed by atoms with Gasteiger partial charge in [-0.3, -0.25) is 4.79 Å². The number of allylic oxidation sites excluding steroid dienone is 2. The van der Waals surface area contributed by atoms with Crippen LogP contribution in [0.4, 0.5) is 0 Å². The molecule has 0 bridgehead atoms. The highest BCUT2D eigenvalue weighted by molar-refractivity contribution is 5.71. The summed E-state index contributed by atoms with van der Waals surface area (Å²) in [6.07, 6.45) is 9.60. The van der Waals surface area contributed by atoms with E-state index in [4.69, 9.17) is 4.74 Å². The molecule has 2 saturated carbocycles. The van der Waals surface area contributed by atoms with Gasteiger partial charge in [0.1, 0.15) is 6.10 Å². The Morgan fingerprint density at radius 2 is 1.94 bits per heavy atom. The second-order valence-electron chi connectivity index (χ2n) is 12.7. The van der Waals surface area contributed by atoms with Gasteiger partial charge in [-0.1, -0.05) is 45.4 Å². The highest BCUT2D eigenvalue weighted by atomic mass is 16.5. The number of rotatable bonds is 9. The minimum atomic E-state index is -0.973. The number of carbonyl (C=O) groups excluding carboxylic acids is 1. The molecule has 3 fully saturated rings. The van der Waals surface area contributed by atoms with Gasteiger partial charge in [-0.2, -0.15) is 0 Å². The molecule has 0 aromatic rings. The summed E-state index contributed by atoms with van der Waals surface area (Å²) < 4.78 is 5.64. The molecular formula is C30H50O5. The molecule has 0 aromatic carbocycles. The lowest BCUT2D eigenvalue weighted by atomic mass is 9.53. The number of carbonyl (C=O) groups is 1. The number of aliphatic hydroxyl groups excluding tert-OH is 2. The molecule has 0 aromatic heterocycles. The van der Waals surface area contributed by atoms with E-state index in [9.17, 15) is 20.1 Å². The largest absolute Gasteiger partial charge is 0.462 e. The summed E-state index contributed by atoms with van der Waals surface area (Å²) in [5.74, 6) is 1.29. The molecule has 0 radical (unpaired) electrons. The Morgan fingerprint density at radius 3 is 2.51 bits per heavy atom. The maximum Gasteiger partial charge on any atom is 0.308 e. The average molecular weight is 491 g/mol. The van der Waals surface area contributed by atoms with Crippen molar-refractivity contribution < 1.29 is 24.9 Å². The SMILES string of the molecule is C=CC(C)(C1CCC2(C)C(CCC2C(C)C[C@H]2C[C@@](C)(O)CC(=O)O2)/C1=C/C)[C@@H](O)C[C@H](O)CC. The molecule has 3 aliphatic rings. The van der Waals surface area contributed by atoms with E-state index in [0.29, 0.717) is 37.0 Å². The molecule has 1 heterocycles. The average Bonchev–Trinajstić information content (AvgIpc) is 3.13. The zero-order valence-corrected chi connectivity index (χ0v) is 22.9. The van der Waals surface area contributed by atoms with Crippen molar-refractivity contribution in [1.82, 2.24) is 0 Å². The van der Waals surface area contributed by atoms with Crippen LogP contribution in [0.15, 0.2) is 24.3 Å². The number of cyclic esters (lactones) is 1. The minimum absolute atomic E-state index is 0.0797. The monoisotopic (exact) mass is 490 g/mol. The number of hydrogen-bond donors (Lipinski definition) is 3. The lowest BCUT2D eigenvalue weighted by Crippen LogP contribution is -2.47. The Labute approximate surface area is 213 Å². The van der Waals surface area contributed by atoms with Gasteiger partial charge in [0, 0.05) is 18.3 Å². The zero-order chi connectivity index (χ0) is 26.2. The first-order chi connectivity index (χ1) is 16.3. The van der Waals surface area contributed by atoms with Crippen LogP contribution in [0.5, 0.6) is 0 Å². The standard InChI is InChI=1S/C30H50O5/c1-8-20(31)16-26(32)29(6,10-3)25-13-14-30(7)23(11-12-24(30)22(25)9-2)19(4)15-21-17-28(5,34)18-27(33)35-21/h9-10,19-21,23-26,31-32,34H,3,8,11-18H2,1-2,4-7H3/b22-9-/t19?,20-,21+,23?,24?,25?,26+,28-,29?,30?/m1/s1. The van der Waals surface area contributed by atoms with Crippen LogP contribution in [-0.2, 0) is 9.53 Å². The molecule has 3 N–H and O–H groups in total. The van der Waals surface area contributed by atoms with Crippen LogP contribution in [0.2, 0.25) is 0 Å². The number of aliphatic hydroxyl groups is 3. The van der Waals surface area contributed by atoms with Gasteiger partial charge in [0.05, 0.1) is 24.2 Å². The Kier molecular flexibility index (Phi) is 8.66. The summed E-state index contributed by atoms with van der Waals surface area (Å²) >= 11 is 0. The fraction of sp³-hybridized carbons (Fsp3) is 0.833. The van der Waals surface area contributed by atoms with E-state index < -0.39 is 23.2 Å². The molecule has 2 aliphatic carbocycles. The van der Waals surface area contributed by atoms with Crippen molar-refractivity contribution in [3.63, 3.8) is 0 Å². The fourth-order valence-corrected chi connectivity index (χ4v) is 8.09. The molecule has 0 amide bonds. The summed E-state index contributed by atoms with van der Waals surface area (Å²) in [6.45, 7) is 16.8. The summed E-state index contributed by atoms with van der Waals surface area (Å²) in [6, 6.07) is 0. The Balaban J connectivity index is 1.77. The summed E-state index contributed by atoms with van der Waals surface area (Å²) in [4.78, 5) is 12.0. The van der Waals surface area contributed by atoms with Crippen LogP contribution in [-0.4, -0.2) is 45.2 Å². The van der Waals surface area contributed by atoms with Gasteiger partial charge in [0.2, 0.25) is 0 Å². The van der Waals surface area contributed by atoms with Gasteiger partial charge in [0.15, 0.2) is 0 Å². The molecule has 200 valence electrons. The van der Waals surface area contributed by atoms with Crippen LogP contribution < -0.4 is 0 Å². The van der Waals surface area contributed by atoms with Crippen LogP contribution >= 0.6 is 0 Å². The maximum absolute atomic E-state index is 12.0. The van der Waals surface area contributed by atoms with E-state index in [1.165, 1.54) is 5.57 Å². The topological polar surface area (TPSA) is 87.0 Å². The quantitative estimate of drug-likeness (QED) is 0.290. The van der Waals surface area contributed by atoms with E-state index in [0.717, 1.165) is 32.1 Å². The molecular weight excluding hydrogens is 440 g/mol. The number of esters is 1. The molecule has 5 nitrogen and oxygen atoms in total. The number of fused-ring (bicyclic) bond motifs is 1. The van der Waals surface area contributed by atoms with Gasteiger partial charge in [0.25, 0.3) is 0 Å². The van der Waals surface area contributed by atoms with Crippen molar-refractivity contribution in [2.24, 2.45) is 34.5 Å². The first-order valence-electron chi connectivity index (χ1n) is 13.9. The third-order valence-corrected chi connectivity index (χ3v) is 10.2. The van der Waals surface area contributed by atoms with E-state index >= 15 is 0 Å². The first kappa shape index (κ1) is 28.4. The predicted octanol–water partition coefficient (Wildman–Crippen LogP) is 5.57. The molecule has 6 unspecified atom stereocenters. The molecule has 5 heteroatoms. The van der Waals surface area contributed by atoms with Crippen molar-refractivity contribution in [3.05, 3.63) is 24.3 Å². The van der Waals surface area contributed by atoms with E-state index in [2.05, 4.69) is 40.3 Å². The normalized spacial score (nSPS) is 40.9. The number of ether oxygens (including phenoxy) is 1. The molecule has 1 aliphatic heterocycles. The van der Waals surface area contributed by atoms with Gasteiger partial charge < -0.3 is 20.1 Å². The van der Waals surface area contributed by atoms with Crippen LogP contribution in [0, 0.1) is 34.5 Å². The third kappa shape index (κ3) is 5.57. The first-order valence-corrected chi connectivity index (χ1v) is 13.9. The van der Waals surface area contributed by atoms with Gasteiger partial charge in [-0.15, -0.1) is 6.58 Å². The molecule has 0 spiro atoms. The lowest BCUT2D eigenvalue weighted by molar-refractivity contribution is -0.170. The molecule has 10 atom stereocenters. The van der Waals surface area contributed by atoms with Crippen molar-refractivity contribution in [2.45, 2.75) is 123 Å². The smallest absolute Gasteiger partial charge is 0.308 e. The molecule has 3 rings (SSSR count). The van der Waals surface area contributed by atoms with Crippen molar-refractivity contribution in [3.8, 4) is 0 Å². The van der Waals surface area contributed by atoms with E-state index in [-0.39, 0.29) is 29.8 Å². The Bertz CT molecular complexity index is 803.